The van der Waals surface area contributed by atoms with E-state index in [0.29, 0.717) is 36.4 Å². The van der Waals surface area contributed by atoms with Gasteiger partial charge in [0.15, 0.2) is 5.76 Å². The molecule has 5 heterocycles. The molecule has 220 valence electrons. The highest BCUT2D eigenvalue weighted by Crippen LogP contribution is 2.35. The predicted molar refractivity (Wildman–Crippen MR) is 165 cm³/mol. The van der Waals surface area contributed by atoms with E-state index in [1.54, 1.807) is 6.07 Å². The van der Waals surface area contributed by atoms with E-state index in [1.165, 1.54) is 11.6 Å². The third-order valence-corrected chi connectivity index (χ3v) is 8.28. The van der Waals surface area contributed by atoms with Gasteiger partial charge in [-0.2, -0.15) is 0 Å². The van der Waals surface area contributed by atoms with E-state index in [4.69, 9.17) is 4.42 Å². The number of hydrogen-bond donors (Lipinski definition) is 1. The quantitative estimate of drug-likeness (QED) is 0.442. The van der Waals surface area contributed by atoms with Crippen molar-refractivity contribution in [2.75, 3.05) is 45.8 Å². The van der Waals surface area contributed by atoms with Gasteiger partial charge >= 0.3 is 0 Å². The second-order valence-corrected chi connectivity index (χ2v) is 11.1. The summed E-state index contributed by atoms with van der Waals surface area (Å²) in [5.74, 6) is 1.36. The van der Waals surface area contributed by atoms with E-state index in [9.17, 15) is 14.7 Å². The number of likely N-dealkylation sites (tertiary alicyclic amines) is 1. The molecule has 41 heavy (non-hydrogen) atoms. The zero-order valence-electron chi connectivity index (χ0n) is 23.1. The zero-order valence-corrected chi connectivity index (χ0v) is 24.7. The fourth-order valence-corrected chi connectivity index (χ4v) is 6.35. The summed E-state index contributed by atoms with van der Waals surface area (Å²) >= 11 is 0. The number of rotatable bonds is 7. The van der Waals surface area contributed by atoms with E-state index < -0.39 is 0 Å². The Morgan fingerprint density at radius 2 is 1.61 bits per heavy atom. The summed E-state index contributed by atoms with van der Waals surface area (Å²) in [7, 11) is 0. The molecule has 2 aromatic heterocycles. The lowest BCUT2D eigenvalue weighted by molar-refractivity contribution is 0.103. The largest absolute Gasteiger partial charge is 0.502 e. The average molecular weight is 602 g/mol. The summed E-state index contributed by atoms with van der Waals surface area (Å²) in [5, 5.41) is 10.5. The Hall–Kier alpha value is -2.88. The zero-order chi connectivity index (χ0) is 26.8. The summed E-state index contributed by atoms with van der Waals surface area (Å²) in [6.07, 6.45) is 5.43. The summed E-state index contributed by atoms with van der Waals surface area (Å²) < 4.78 is 8.06. The van der Waals surface area contributed by atoms with E-state index in [1.807, 2.05) is 28.8 Å². The lowest BCUT2D eigenvalue weighted by atomic mass is 9.83. The van der Waals surface area contributed by atoms with Crippen molar-refractivity contribution < 1.29 is 9.52 Å². The molecule has 0 radical (unpaired) electrons. The molecule has 2 bridgehead atoms. The molecule has 8 nitrogen and oxygen atoms in total. The maximum absolute atomic E-state index is 12.6. The van der Waals surface area contributed by atoms with Crippen LogP contribution in [0.5, 0.6) is 5.75 Å². The summed E-state index contributed by atoms with van der Waals surface area (Å²) in [5.41, 5.74) is 2.00. The van der Waals surface area contributed by atoms with Crippen LogP contribution in [0.1, 0.15) is 35.1 Å². The molecule has 1 aromatic carbocycles. The molecule has 0 amide bonds. The second-order valence-electron chi connectivity index (χ2n) is 11.1. The Bertz CT molecular complexity index is 1450. The Morgan fingerprint density at radius 3 is 2.39 bits per heavy atom. The van der Waals surface area contributed by atoms with Crippen LogP contribution in [0, 0.1) is 5.92 Å². The minimum absolute atomic E-state index is 0. The maximum Gasteiger partial charge on any atom is 0.250 e. The van der Waals surface area contributed by atoms with Gasteiger partial charge in [-0.3, -0.25) is 24.3 Å². The van der Waals surface area contributed by atoms with Gasteiger partial charge in [0.25, 0.3) is 5.56 Å². The molecule has 0 spiro atoms. The molecule has 0 aliphatic carbocycles. The van der Waals surface area contributed by atoms with Crippen LogP contribution in [0.3, 0.4) is 0 Å². The van der Waals surface area contributed by atoms with Crippen LogP contribution in [0.2, 0.25) is 0 Å². The van der Waals surface area contributed by atoms with Crippen LogP contribution in [-0.4, -0.2) is 70.2 Å². The van der Waals surface area contributed by atoms with Gasteiger partial charge in [-0.1, -0.05) is 48.6 Å². The predicted octanol–water partition coefficient (Wildman–Crippen LogP) is 3.80. The highest BCUT2D eigenvalue weighted by atomic mass is 35.5. The first-order chi connectivity index (χ1) is 19.0. The van der Waals surface area contributed by atoms with Crippen LogP contribution in [0.15, 0.2) is 74.7 Å². The van der Waals surface area contributed by atoms with Crippen molar-refractivity contribution in [3.63, 3.8) is 0 Å². The lowest BCUT2D eigenvalue weighted by Crippen LogP contribution is -2.46. The van der Waals surface area contributed by atoms with Gasteiger partial charge in [0.1, 0.15) is 5.76 Å². The maximum atomic E-state index is 12.6. The molecular formula is C31H38Cl2N4O4. The molecule has 1 N–H and O–H groups in total. The molecule has 3 aliphatic rings. The Balaban J connectivity index is 0.00000194. The van der Waals surface area contributed by atoms with Gasteiger partial charge in [0, 0.05) is 76.1 Å². The molecule has 2 fully saturated rings. The number of pyridine rings is 1. The summed E-state index contributed by atoms with van der Waals surface area (Å²) in [6, 6.07) is 17.3. The van der Waals surface area contributed by atoms with Gasteiger partial charge in [-0.05, 0) is 24.0 Å². The van der Waals surface area contributed by atoms with E-state index in [2.05, 4.69) is 45.1 Å². The fraction of sp³-hybridized carbons (Fsp3) is 0.419. The first-order valence-corrected chi connectivity index (χ1v) is 13.9. The first-order valence-electron chi connectivity index (χ1n) is 13.9. The van der Waals surface area contributed by atoms with Gasteiger partial charge in [-0.25, -0.2) is 0 Å². The molecule has 10 heteroatoms. The van der Waals surface area contributed by atoms with Crippen molar-refractivity contribution in [2.45, 2.75) is 32.0 Å². The third-order valence-electron chi connectivity index (χ3n) is 8.28. The Kier molecular flexibility index (Phi) is 10.5. The van der Waals surface area contributed by atoms with Crippen LogP contribution in [-0.2, 0) is 19.6 Å². The number of fused-ring (bicyclic) bond motifs is 4. The highest BCUT2D eigenvalue weighted by molar-refractivity contribution is 5.85. The number of piperidine rings is 1. The smallest absolute Gasteiger partial charge is 0.250 e. The number of halogens is 2. The van der Waals surface area contributed by atoms with Crippen molar-refractivity contribution in [3.05, 3.63) is 104 Å². The monoisotopic (exact) mass is 600 g/mol. The lowest BCUT2D eigenvalue weighted by Gasteiger charge is -2.42. The summed E-state index contributed by atoms with van der Waals surface area (Å²) in [4.78, 5) is 31.9. The van der Waals surface area contributed by atoms with Crippen LogP contribution in [0.4, 0.5) is 0 Å². The van der Waals surface area contributed by atoms with E-state index in [0.717, 1.165) is 64.5 Å². The number of aromatic hydroxyl groups is 1. The molecular weight excluding hydrogens is 563 g/mol. The van der Waals surface area contributed by atoms with Crippen LogP contribution in [0.25, 0.3) is 6.08 Å². The van der Waals surface area contributed by atoms with Crippen molar-refractivity contribution >= 4 is 30.9 Å². The fourth-order valence-electron chi connectivity index (χ4n) is 6.35. The number of hydrogen-bond acceptors (Lipinski definition) is 7. The number of piperazine rings is 1. The molecule has 3 aliphatic heterocycles. The highest BCUT2D eigenvalue weighted by Gasteiger charge is 2.34. The Labute approximate surface area is 252 Å². The first kappa shape index (κ1) is 31.1. The average Bonchev–Trinajstić information content (AvgIpc) is 2.94. The van der Waals surface area contributed by atoms with E-state index >= 15 is 0 Å². The molecule has 0 unspecified atom stereocenters. The van der Waals surface area contributed by atoms with Gasteiger partial charge in [0.2, 0.25) is 11.2 Å². The number of aromatic nitrogens is 1. The molecule has 2 saturated heterocycles. The van der Waals surface area contributed by atoms with Crippen molar-refractivity contribution in [1.29, 1.82) is 0 Å². The molecule has 0 saturated carbocycles. The van der Waals surface area contributed by atoms with Crippen molar-refractivity contribution in [2.24, 2.45) is 5.92 Å². The van der Waals surface area contributed by atoms with Gasteiger partial charge in [0.05, 0.1) is 13.1 Å². The Morgan fingerprint density at radius 1 is 0.854 bits per heavy atom. The standard InChI is InChI=1S/C31H36N4O4.2ClH/c36-28-17-26(21-34-18-24-16-25(20-34)27-9-4-10-30(37)35(27)19-24)39-29(31(28)38)22-33-14-12-32(13-15-33)11-5-8-23-6-2-1-3-7-23;;/h1-10,17,24-25,38H,11-16,18-22H2;2*1H/b8-5+;;/t24-,25-;;/m0../s1. The topological polar surface area (TPSA) is 82.2 Å². The van der Waals surface area contributed by atoms with Gasteiger partial charge in [-0.15, -0.1) is 24.8 Å². The molecule has 6 rings (SSSR count). The van der Waals surface area contributed by atoms with Crippen LogP contribution < -0.4 is 11.0 Å². The number of benzene rings is 1. The van der Waals surface area contributed by atoms with Crippen molar-refractivity contribution in [3.8, 4) is 5.75 Å². The number of nitrogens with zero attached hydrogens (tertiary/aromatic N) is 4. The summed E-state index contributed by atoms with van der Waals surface area (Å²) in [6.45, 7) is 7.80. The minimum atomic E-state index is -0.384. The van der Waals surface area contributed by atoms with E-state index in [-0.39, 0.29) is 41.6 Å². The second kappa shape index (κ2) is 13.9. The molecule has 3 aromatic rings. The molecule has 2 atom stereocenters. The minimum Gasteiger partial charge on any atom is -0.502 e. The van der Waals surface area contributed by atoms with Crippen LogP contribution >= 0.6 is 24.8 Å². The SMILES string of the molecule is Cl.Cl.O=c1cc(CN2C[C@@H]3C[C@@H](C2)c2cccc(=O)n2C3)oc(CN2CCN(C/C=C/c3ccccc3)CC2)c1O. The van der Waals surface area contributed by atoms with Gasteiger partial charge < -0.3 is 14.1 Å². The normalized spacial score (nSPS) is 21.2. The third kappa shape index (κ3) is 7.31. The van der Waals surface area contributed by atoms with Crippen molar-refractivity contribution in [1.82, 2.24) is 19.3 Å².